The fourth-order valence-corrected chi connectivity index (χ4v) is 1.71. The number of hydrogen-bond acceptors (Lipinski definition) is 3. The van der Waals surface area contributed by atoms with Gasteiger partial charge in [0.25, 0.3) is 5.91 Å². The highest BCUT2D eigenvalue weighted by Crippen LogP contribution is 2.29. The van der Waals surface area contributed by atoms with E-state index in [-0.39, 0.29) is 5.69 Å². The van der Waals surface area contributed by atoms with Crippen LogP contribution in [0.5, 0.6) is 5.75 Å². The molecule has 1 aliphatic rings. The van der Waals surface area contributed by atoms with Crippen LogP contribution in [-0.2, 0) is 9.53 Å². The first kappa shape index (κ1) is 14.7. The quantitative estimate of drug-likeness (QED) is 0.874. The van der Waals surface area contributed by atoms with Crippen LogP contribution in [0.2, 0.25) is 0 Å². The van der Waals surface area contributed by atoms with Gasteiger partial charge in [0.2, 0.25) is 0 Å². The van der Waals surface area contributed by atoms with E-state index in [4.69, 9.17) is 4.74 Å². The van der Waals surface area contributed by atoms with E-state index < -0.39 is 29.4 Å². The zero-order valence-electron chi connectivity index (χ0n) is 11.4. The first-order valence-corrected chi connectivity index (χ1v) is 6.46. The smallest absolute Gasteiger partial charge is 0.253 e. The molecule has 0 bridgehead atoms. The van der Waals surface area contributed by atoms with Gasteiger partial charge in [-0.1, -0.05) is 0 Å². The number of rotatable bonds is 6. The van der Waals surface area contributed by atoms with E-state index in [1.54, 1.807) is 6.92 Å². The highest BCUT2D eigenvalue weighted by atomic mass is 19.1. The monoisotopic (exact) mass is 285 g/mol. The molecule has 1 unspecified atom stereocenters. The summed E-state index contributed by atoms with van der Waals surface area (Å²) in [6.45, 7) is 2.15. The molecule has 0 spiro atoms. The second-order valence-electron chi connectivity index (χ2n) is 4.88. The molecule has 1 N–H and O–H groups in total. The number of amides is 1. The lowest BCUT2D eigenvalue weighted by atomic mass is 10.2. The molecule has 0 radical (unpaired) electrons. The molecule has 1 atom stereocenters. The van der Waals surface area contributed by atoms with Crippen molar-refractivity contribution in [3.05, 3.63) is 23.8 Å². The Hall–Kier alpha value is -1.69. The molecule has 1 aromatic rings. The lowest BCUT2D eigenvalue weighted by molar-refractivity contribution is -0.126. The van der Waals surface area contributed by atoms with Gasteiger partial charge in [-0.05, 0) is 25.7 Å². The molecule has 1 aromatic carbocycles. The maximum Gasteiger partial charge on any atom is 0.253 e. The van der Waals surface area contributed by atoms with E-state index in [9.17, 15) is 13.6 Å². The van der Waals surface area contributed by atoms with Crippen LogP contribution in [0.3, 0.4) is 0 Å². The minimum absolute atomic E-state index is 0.0349. The molecule has 6 heteroatoms. The third kappa shape index (κ3) is 3.66. The zero-order chi connectivity index (χ0) is 14.7. The lowest BCUT2D eigenvalue weighted by Crippen LogP contribution is -2.28. The van der Waals surface area contributed by atoms with Crippen molar-refractivity contribution >= 4 is 11.6 Å². The Bertz CT molecular complexity index is 480. The predicted molar refractivity (Wildman–Crippen MR) is 69.7 cm³/mol. The van der Waals surface area contributed by atoms with Gasteiger partial charge in [0.15, 0.2) is 17.4 Å². The van der Waals surface area contributed by atoms with Gasteiger partial charge in [0, 0.05) is 17.8 Å². The molecule has 2 rings (SSSR count). The normalized spacial score (nSPS) is 15.8. The Balaban J connectivity index is 1.95. The van der Waals surface area contributed by atoms with E-state index >= 15 is 0 Å². The maximum atomic E-state index is 13.5. The van der Waals surface area contributed by atoms with Crippen molar-refractivity contribution in [2.75, 3.05) is 19.0 Å². The van der Waals surface area contributed by atoms with Crippen molar-refractivity contribution in [3.63, 3.8) is 0 Å². The molecule has 0 saturated heterocycles. The molecule has 0 heterocycles. The third-order valence-corrected chi connectivity index (χ3v) is 3.12. The molecular weight excluding hydrogens is 268 g/mol. The van der Waals surface area contributed by atoms with Crippen LogP contribution >= 0.6 is 0 Å². The minimum atomic E-state index is -0.866. The number of anilines is 1. The molecule has 1 amide bonds. The van der Waals surface area contributed by atoms with Crippen LogP contribution < -0.4 is 10.1 Å². The molecule has 0 aliphatic heterocycles. The summed E-state index contributed by atoms with van der Waals surface area (Å²) >= 11 is 0. The molecule has 1 saturated carbocycles. The topological polar surface area (TPSA) is 47.6 Å². The van der Waals surface area contributed by atoms with Crippen molar-refractivity contribution in [2.45, 2.75) is 25.9 Å². The largest absolute Gasteiger partial charge is 0.491 e. The molecule has 1 aliphatic carbocycles. The molecule has 20 heavy (non-hydrogen) atoms. The summed E-state index contributed by atoms with van der Waals surface area (Å²) in [6.07, 6.45) is 1.59. The Kier molecular flexibility index (Phi) is 4.54. The van der Waals surface area contributed by atoms with Gasteiger partial charge < -0.3 is 14.8 Å². The summed E-state index contributed by atoms with van der Waals surface area (Å²) in [5.41, 5.74) is 0.0349. The summed E-state index contributed by atoms with van der Waals surface area (Å²) in [4.78, 5) is 11.8. The van der Waals surface area contributed by atoms with Crippen molar-refractivity contribution in [3.8, 4) is 5.75 Å². The number of carbonyl (C=O) groups excluding carboxylic acids is 1. The highest BCUT2D eigenvalue weighted by Gasteiger charge is 2.24. The second-order valence-corrected chi connectivity index (χ2v) is 4.88. The van der Waals surface area contributed by atoms with Gasteiger partial charge in [0.1, 0.15) is 6.10 Å². The Morgan fingerprint density at radius 2 is 2.00 bits per heavy atom. The number of benzene rings is 1. The predicted octanol–water partition coefficient (Wildman–Crippen LogP) is 2.73. The summed E-state index contributed by atoms with van der Waals surface area (Å²) in [7, 11) is 1.17. The Morgan fingerprint density at radius 1 is 1.40 bits per heavy atom. The Labute approximate surface area is 116 Å². The number of halogens is 2. The van der Waals surface area contributed by atoms with Crippen molar-refractivity contribution in [1.82, 2.24) is 0 Å². The van der Waals surface area contributed by atoms with Crippen LogP contribution in [0.25, 0.3) is 0 Å². The molecule has 110 valence electrons. The van der Waals surface area contributed by atoms with Crippen LogP contribution in [0.4, 0.5) is 14.5 Å². The van der Waals surface area contributed by atoms with Gasteiger partial charge in [-0.25, -0.2) is 8.78 Å². The summed E-state index contributed by atoms with van der Waals surface area (Å²) < 4.78 is 36.9. The second kappa shape index (κ2) is 6.17. The van der Waals surface area contributed by atoms with Crippen LogP contribution in [-0.4, -0.2) is 25.7 Å². The summed E-state index contributed by atoms with van der Waals surface area (Å²) in [6, 6.07) is 2.01. The van der Waals surface area contributed by atoms with Crippen molar-refractivity contribution in [2.24, 2.45) is 5.92 Å². The zero-order valence-corrected chi connectivity index (χ0v) is 11.4. The molecule has 4 nitrogen and oxygen atoms in total. The number of ether oxygens (including phenoxy) is 2. The maximum absolute atomic E-state index is 13.5. The van der Waals surface area contributed by atoms with E-state index in [0.717, 1.165) is 25.0 Å². The summed E-state index contributed by atoms with van der Waals surface area (Å²) in [5.74, 6) is -2.10. The van der Waals surface area contributed by atoms with Crippen LogP contribution in [0.1, 0.15) is 19.8 Å². The average molecular weight is 285 g/mol. The number of methoxy groups -OCH3 is 1. The minimum Gasteiger partial charge on any atom is -0.491 e. The number of nitrogens with one attached hydrogen (secondary N) is 1. The SMILES string of the molecule is COc1c(F)cc(NC(=O)C(C)OCC2CC2)cc1F. The van der Waals surface area contributed by atoms with Gasteiger partial charge in [-0.3, -0.25) is 4.79 Å². The lowest BCUT2D eigenvalue weighted by Gasteiger charge is -2.14. The fraction of sp³-hybridized carbons (Fsp3) is 0.500. The first-order chi connectivity index (χ1) is 9.51. The van der Waals surface area contributed by atoms with Gasteiger partial charge in [0.05, 0.1) is 13.7 Å². The highest BCUT2D eigenvalue weighted by molar-refractivity contribution is 5.93. The molecule has 0 aromatic heterocycles. The average Bonchev–Trinajstić information content (AvgIpc) is 3.19. The number of hydrogen-bond donors (Lipinski definition) is 1. The standard InChI is InChI=1S/C14H17F2NO3/c1-8(20-7-9-3-4-9)14(18)17-10-5-11(15)13(19-2)12(16)6-10/h5-6,8-9H,3-4,7H2,1-2H3,(H,17,18). The van der Waals surface area contributed by atoms with Gasteiger partial charge in [-0.15, -0.1) is 0 Å². The number of carbonyl (C=O) groups is 1. The molecule has 1 fully saturated rings. The van der Waals surface area contributed by atoms with Crippen molar-refractivity contribution in [1.29, 1.82) is 0 Å². The summed E-state index contributed by atoms with van der Waals surface area (Å²) in [5, 5.41) is 2.42. The van der Waals surface area contributed by atoms with Crippen molar-refractivity contribution < 1.29 is 23.0 Å². The van der Waals surface area contributed by atoms with Crippen LogP contribution in [0, 0.1) is 17.6 Å². The fourth-order valence-electron chi connectivity index (χ4n) is 1.71. The van der Waals surface area contributed by atoms with E-state index in [2.05, 4.69) is 10.1 Å². The Morgan fingerprint density at radius 3 is 2.50 bits per heavy atom. The van der Waals surface area contributed by atoms with Gasteiger partial charge in [-0.2, -0.15) is 0 Å². The van der Waals surface area contributed by atoms with E-state index in [0.29, 0.717) is 12.5 Å². The molecular formula is C14H17F2NO3. The third-order valence-electron chi connectivity index (χ3n) is 3.12. The van der Waals surface area contributed by atoms with E-state index in [1.165, 1.54) is 7.11 Å². The first-order valence-electron chi connectivity index (χ1n) is 6.46. The van der Waals surface area contributed by atoms with Gasteiger partial charge >= 0.3 is 0 Å². The van der Waals surface area contributed by atoms with E-state index in [1.807, 2.05) is 0 Å². The van der Waals surface area contributed by atoms with Crippen LogP contribution in [0.15, 0.2) is 12.1 Å².